The zero-order valence-electron chi connectivity index (χ0n) is 17.4. The number of piperidine rings is 1. The van der Waals surface area contributed by atoms with Crippen molar-refractivity contribution >= 4 is 0 Å². The molecule has 2 saturated heterocycles. The largest absolute Gasteiger partial charge is 0.497 e. The summed E-state index contributed by atoms with van der Waals surface area (Å²) in [5.74, 6) is 2.79. The van der Waals surface area contributed by atoms with Crippen LogP contribution in [0.25, 0.3) is 0 Å². The van der Waals surface area contributed by atoms with Gasteiger partial charge in [0, 0.05) is 39.8 Å². The zero-order valence-corrected chi connectivity index (χ0v) is 17.4. The first kappa shape index (κ1) is 20.3. The fourth-order valence-corrected chi connectivity index (χ4v) is 4.61. The van der Waals surface area contributed by atoms with E-state index < -0.39 is 0 Å². The molecule has 4 rings (SSSR count). The highest BCUT2D eigenvalue weighted by Crippen LogP contribution is 2.39. The maximum absolute atomic E-state index is 6.32. The van der Waals surface area contributed by atoms with E-state index in [1.54, 1.807) is 14.2 Å². The number of hydrogen-bond acceptors (Lipinski definition) is 7. The quantitative estimate of drug-likeness (QED) is 0.705. The molecule has 0 aliphatic carbocycles. The molecule has 3 heterocycles. The van der Waals surface area contributed by atoms with Gasteiger partial charge in [0.2, 0.25) is 5.89 Å². The summed E-state index contributed by atoms with van der Waals surface area (Å²) < 4.78 is 22.1. The molecule has 1 spiro atoms. The molecule has 0 bridgehead atoms. The molecule has 2 aliphatic heterocycles. The normalized spacial score (nSPS) is 22.1. The van der Waals surface area contributed by atoms with Crippen LogP contribution < -0.4 is 4.74 Å². The second kappa shape index (κ2) is 9.24. The Kier molecular flexibility index (Phi) is 6.47. The van der Waals surface area contributed by atoms with Gasteiger partial charge in [-0.15, -0.1) is 0 Å². The highest BCUT2D eigenvalue weighted by molar-refractivity contribution is 5.28. The van der Waals surface area contributed by atoms with E-state index in [9.17, 15) is 0 Å². The lowest BCUT2D eigenvalue weighted by molar-refractivity contribution is -0.128. The summed E-state index contributed by atoms with van der Waals surface area (Å²) in [6.45, 7) is 4.29. The number of hydrogen-bond donors (Lipinski definition) is 0. The standard InChI is InChI=1S/C22H31N3O4/c1-26-16-20-23-21(29-24-20)13-17-6-11-28-22(14-17)7-9-25(10-8-22)15-18-4-3-5-19(12-18)27-2/h3-5,12,17H,6-11,13-16H2,1-2H3. The highest BCUT2D eigenvalue weighted by atomic mass is 16.5. The molecule has 0 saturated carbocycles. The lowest BCUT2D eigenvalue weighted by atomic mass is 9.78. The number of ether oxygens (including phenoxy) is 3. The molecule has 0 N–H and O–H groups in total. The summed E-state index contributed by atoms with van der Waals surface area (Å²) in [5, 5.41) is 3.98. The number of nitrogens with zero attached hydrogens (tertiary/aromatic N) is 3. The van der Waals surface area contributed by atoms with Gasteiger partial charge in [-0.3, -0.25) is 4.90 Å². The topological polar surface area (TPSA) is 69.9 Å². The van der Waals surface area contributed by atoms with E-state index in [1.165, 1.54) is 5.56 Å². The summed E-state index contributed by atoms with van der Waals surface area (Å²) in [4.78, 5) is 6.95. The van der Waals surface area contributed by atoms with Crippen molar-refractivity contribution in [3.63, 3.8) is 0 Å². The van der Waals surface area contributed by atoms with Gasteiger partial charge in [0.15, 0.2) is 5.82 Å². The first-order chi connectivity index (χ1) is 14.2. The van der Waals surface area contributed by atoms with Gasteiger partial charge in [0.1, 0.15) is 12.4 Å². The van der Waals surface area contributed by atoms with E-state index in [0.717, 1.165) is 70.0 Å². The van der Waals surface area contributed by atoms with Gasteiger partial charge < -0.3 is 18.7 Å². The molecule has 1 aromatic heterocycles. The van der Waals surface area contributed by atoms with E-state index in [4.69, 9.17) is 18.7 Å². The average Bonchev–Trinajstić information content (AvgIpc) is 3.17. The van der Waals surface area contributed by atoms with Crippen molar-refractivity contribution in [3.8, 4) is 5.75 Å². The van der Waals surface area contributed by atoms with Crippen molar-refractivity contribution < 1.29 is 18.7 Å². The Hall–Kier alpha value is -1.96. The van der Waals surface area contributed by atoms with Gasteiger partial charge in [-0.05, 0) is 49.3 Å². The molecule has 7 nitrogen and oxygen atoms in total. The van der Waals surface area contributed by atoms with Crippen LogP contribution in [0.1, 0.15) is 43.0 Å². The van der Waals surface area contributed by atoms with Crippen LogP contribution in [0.5, 0.6) is 5.75 Å². The molecule has 158 valence electrons. The number of rotatable bonds is 7. The fraction of sp³-hybridized carbons (Fsp3) is 0.636. The third kappa shape index (κ3) is 5.15. The third-order valence-electron chi connectivity index (χ3n) is 6.15. The molecule has 1 atom stereocenters. The second-order valence-corrected chi connectivity index (χ2v) is 8.26. The average molecular weight is 402 g/mol. The van der Waals surface area contributed by atoms with Crippen molar-refractivity contribution in [2.75, 3.05) is 33.9 Å². The van der Waals surface area contributed by atoms with Crippen LogP contribution in [0.4, 0.5) is 0 Å². The minimum absolute atomic E-state index is 0.00315. The third-order valence-corrected chi connectivity index (χ3v) is 6.15. The summed E-state index contributed by atoms with van der Waals surface area (Å²) in [5.41, 5.74) is 1.30. The Morgan fingerprint density at radius 2 is 2.10 bits per heavy atom. The van der Waals surface area contributed by atoms with Gasteiger partial charge in [0.25, 0.3) is 0 Å². The molecular formula is C22H31N3O4. The highest BCUT2D eigenvalue weighted by Gasteiger charge is 2.40. The number of likely N-dealkylation sites (tertiary alicyclic amines) is 1. The maximum Gasteiger partial charge on any atom is 0.227 e. The number of benzene rings is 1. The van der Waals surface area contributed by atoms with Gasteiger partial charge in [-0.1, -0.05) is 17.3 Å². The maximum atomic E-state index is 6.32. The second-order valence-electron chi connectivity index (χ2n) is 8.26. The first-order valence-electron chi connectivity index (χ1n) is 10.5. The molecule has 2 aromatic rings. The molecule has 2 aliphatic rings. The molecule has 29 heavy (non-hydrogen) atoms. The molecule has 0 amide bonds. The van der Waals surface area contributed by atoms with Crippen molar-refractivity contribution in [1.29, 1.82) is 0 Å². The van der Waals surface area contributed by atoms with Crippen LogP contribution in [0.2, 0.25) is 0 Å². The smallest absolute Gasteiger partial charge is 0.227 e. The molecule has 2 fully saturated rings. The van der Waals surface area contributed by atoms with Gasteiger partial charge in [0.05, 0.1) is 12.7 Å². The predicted molar refractivity (Wildman–Crippen MR) is 108 cm³/mol. The Morgan fingerprint density at radius 1 is 1.24 bits per heavy atom. The SMILES string of the molecule is COCc1noc(CC2CCOC3(CCN(Cc4cccc(OC)c4)CC3)C2)n1. The van der Waals surface area contributed by atoms with E-state index in [0.29, 0.717) is 18.3 Å². The minimum Gasteiger partial charge on any atom is -0.497 e. The van der Waals surface area contributed by atoms with Crippen molar-refractivity contribution in [1.82, 2.24) is 15.0 Å². The minimum atomic E-state index is 0.00315. The van der Waals surface area contributed by atoms with Crippen LogP contribution in [0.15, 0.2) is 28.8 Å². The molecule has 1 aromatic carbocycles. The van der Waals surface area contributed by atoms with Crippen LogP contribution >= 0.6 is 0 Å². The van der Waals surface area contributed by atoms with E-state index >= 15 is 0 Å². The van der Waals surface area contributed by atoms with E-state index in [2.05, 4.69) is 33.2 Å². The Bertz CT molecular complexity index is 786. The van der Waals surface area contributed by atoms with Crippen molar-refractivity contribution in [3.05, 3.63) is 41.5 Å². The summed E-state index contributed by atoms with van der Waals surface area (Å²) in [7, 11) is 3.35. The van der Waals surface area contributed by atoms with Crippen molar-refractivity contribution in [2.45, 2.75) is 50.9 Å². The lowest BCUT2D eigenvalue weighted by Crippen LogP contribution is -2.49. The summed E-state index contributed by atoms with van der Waals surface area (Å²) in [6, 6.07) is 8.35. The van der Waals surface area contributed by atoms with E-state index in [1.807, 2.05) is 6.07 Å². The number of methoxy groups -OCH3 is 2. The molecule has 0 radical (unpaired) electrons. The fourth-order valence-electron chi connectivity index (χ4n) is 4.61. The molecular weight excluding hydrogens is 370 g/mol. The number of aromatic nitrogens is 2. The first-order valence-corrected chi connectivity index (χ1v) is 10.5. The van der Waals surface area contributed by atoms with E-state index in [-0.39, 0.29) is 5.60 Å². The monoisotopic (exact) mass is 401 g/mol. The predicted octanol–water partition coefficient (Wildman–Crippen LogP) is 3.23. The van der Waals surface area contributed by atoms with Gasteiger partial charge >= 0.3 is 0 Å². The molecule has 1 unspecified atom stereocenters. The van der Waals surface area contributed by atoms with Crippen molar-refractivity contribution in [2.24, 2.45) is 5.92 Å². The zero-order chi connectivity index (χ0) is 20.1. The summed E-state index contributed by atoms with van der Waals surface area (Å²) >= 11 is 0. The van der Waals surface area contributed by atoms with Gasteiger partial charge in [-0.25, -0.2) is 0 Å². The van der Waals surface area contributed by atoms with Crippen LogP contribution in [0.3, 0.4) is 0 Å². The van der Waals surface area contributed by atoms with Crippen LogP contribution in [-0.2, 0) is 29.0 Å². The summed E-state index contributed by atoms with van der Waals surface area (Å²) in [6.07, 6.45) is 5.10. The Labute approximate surface area is 172 Å². The Balaban J connectivity index is 1.30. The van der Waals surface area contributed by atoms with Gasteiger partial charge in [-0.2, -0.15) is 4.98 Å². The lowest BCUT2D eigenvalue weighted by Gasteiger charge is -2.46. The van der Waals surface area contributed by atoms with Crippen LogP contribution in [0, 0.1) is 5.92 Å². The molecule has 7 heteroatoms. The Morgan fingerprint density at radius 3 is 2.90 bits per heavy atom. The van der Waals surface area contributed by atoms with Crippen LogP contribution in [-0.4, -0.2) is 54.6 Å².